The molecular formula is C14H24IN3O2S. The van der Waals surface area contributed by atoms with Crippen LogP contribution in [0.15, 0.2) is 29.3 Å². The third-order valence-corrected chi connectivity index (χ3v) is 3.88. The van der Waals surface area contributed by atoms with E-state index in [1.807, 2.05) is 12.1 Å². The summed E-state index contributed by atoms with van der Waals surface area (Å²) in [5.41, 5.74) is 2.52. The highest BCUT2D eigenvalue weighted by Gasteiger charge is 2.04. The van der Waals surface area contributed by atoms with Gasteiger partial charge in [0.25, 0.3) is 0 Å². The minimum atomic E-state index is -2.95. The molecule has 1 aromatic carbocycles. The maximum absolute atomic E-state index is 11.1. The van der Waals surface area contributed by atoms with Crippen LogP contribution in [0.4, 0.5) is 0 Å². The van der Waals surface area contributed by atoms with Crippen LogP contribution in [0.1, 0.15) is 18.1 Å². The van der Waals surface area contributed by atoms with Gasteiger partial charge in [0.1, 0.15) is 9.84 Å². The summed E-state index contributed by atoms with van der Waals surface area (Å²) in [7, 11) is -1.28. The first-order chi connectivity index (χ1) is 9.46. The third kappa shape index (κ3) is 8.25. The minimum absolute atomic E-state index is 0. The summed E-state index contributed by atoms with van der Waals surface area (Å²) in [5.74, 6) is 0.707. The lowest BCUT2D eigenvalue weighted by molar-refractivity contribution is 0.600. The number of nitrogens with one attached hydrogen (secondary N) is 2. The Morgan fingerprint density at radius 2 is 1.81 bits per heavy atom. The number of guanidine groups is 1. The van der Waals surface area contributed by atoms with Crippen LogP contribution in [0.25, 0.3) is 0 Å². The first kappa shape index (κ1) is 20.2. The van der Waals surface area contributed by atoms with E-state index in [1.165, 1.54) is 17.4 Å². The van der Waals surface area contributed by atoms with Crippen LogP contribution in [0, 0.1) is 0 Å². The molecule has 1 aromatic rings. The third-order valence-electron chi connectivity index (χ3n) is 2.93. The van der Waals surface area contributed by atoms with Gasteiger partial charge < -0.3 is 10.6 Å². The van der Waals surface area contributed by atoms with Gasteiger partial charge in [-0.2, -0.15) is 0 Å². The van der Waals surface area contributed by atoms with Crippen LogP contribution in [-0.4, -0.2) is 40.0 Å². The van der Waals surface area contributed by atoms with Crippen LogP contribution < -0.4 is 10.6 Å². The van der Waals surface area contributed by atoms with E-state index in [2.05, 4.69) is 34.7 Å². The molecule has 0 bridgehead atoms. The van der Waals surface area contributed by atoms with Crippen molar-refractivity contribution in [3.63, 3.8) is 0 Å². The van der Waals surface area contributed by atoms with Crippen LogP contribution in [0.5, 0.6) is 0 Å². The maximum atomic E-state index is 11.1. The average molecular weight is 425 g/mol. The van der Waals surface area contributed by atoms with Gasteiger partial charge in [-0.05, 0) is 17.5 Å². The highest BCUT2D eigenvalue weighted by Crippen LogP contribution is 2.08. The highest BCUT2D eigenvalue weighted by molar-refractivity contribution is 14.0. The molecule has 0 heterocycles. The molecule has 1 rings (SSSR count). The molecule has 0 fully saturated rings. The SMILES string of the molecule is CCc1ccccc1CNC(=NC)NCCS(C)(=O)=O.I. The molecule has 0 spiro atoms. The Labute approximate surface area is 144 Å². The Hall–Kier alpha value is -0.830. The van der Waals surface area contributed by atoms with Gasteiger partial charge in [-0.1, -0.05) is 31.2 Å². The Bertz CT molecular complexity index is 559. The average Bonchev–Trinajstić information content (AvgIpc) is 2.41. The number of hydrogen-bond donors (Lipinski definition) is 2. The number of rotatable bonds is 6. The lowest BCUT2D eigenvalue weighted by atomic mass is 10.1. The number of nitrogens with zero attached hydrogens (tertiary/aromatic N) is 1. The van der Waals surface area contributed by atoms with E-state index in [1.54, 1.807) is 7.05 Å². The molecule has 2 N–H and O–H groups in total. The normalized spacial score (nSPS) is 11.7. The van der Waals surface area contributed by atoms with Gasteiger partial charge in [-0.25, -0.2) is 8.42 Å². The predicted molar refractivity (Wildman–Crippen MR) is 99.1 cm³/mol. The molecule has 5 nitrogen and oxygen atoms in total. The molecule has 0 radical (unpaired) electrons. The van der Waals surface area contributed by atoms with Crippen LogP contribution in [0.2, 0.25) is 0 Å². The molecule has 0 aliphatic carbocycles. The number of sulfone groups is 1. The predicted octanol–water partition coefficient (Wildman–Crippen LogP) is 1.58. The molecule has 0 unspecified atom stereocenters. The van der Waals surface area contributed by atoms with Crippen LogP contribution in [0.3, 0.4) is 0 Å². The quantitative estimate of drug-likeness (QED) is 0.413. The van der Waals surface area contributed by atoms with Gasteiger partial charge in [-0.15, -0.1) is 24.0 Å². The van der Waals surface area contributed by atoms with Crippen molar-refractivity contribution in [3.05, 3.63) is 35.4 Å². The van der Waals surface area contributed by atoms with Crippen molar-refractivity contribution in [3.8, 4) is 0 Å². The molecule has 21 heavy (non-hydrogen) atoms. The monoisotopic (exact) mass is 425 g/mol. The zero-order chi connectivity index (χ0) is 15.0. The summed E-state index contributed by atoms with van der Waals surface area (Å²) in [6.07, 6.45) is 2.21. The van der Waals surface area contributed by atoms with E-state index >= 15 is 0 Å². The Morgan fingerprint density at radius 1 is 1.19 bits per heavy atom. The van der Waals surface area contributed by atoms with Crippen molar-refractivity contribution < 1.29 is 8.42 Å². The molecule has 0 saturated carbocycles. The second kappa shape index (κ2) is 9.99. The van der Waals surface area contributed by atoms with E-state index in [-0.39, 0.29) is 29.7 Å². The second-order valence-electron chi connectivity index (χ2n) is 4.60. The van der Waals surface area contributed by atoms with Crippen molar-refractivity contribution >= 4 is 39.8 Å². The van der Waals surface area contributed by atoms with Gasteiger partial charge in [0.05, 0.1) is 5.75 Å². The Morgan fingerprint density at radius 3 is 2.33 bits per heavy atom. The minimum Gasteiger partial charge on any atom is -0.355 e. The van der Waals surface area contributed by atoms with Crippen LogP contribution in [-0.2, 0) is 22.8 Å². The molecule has 0 saturated heterocycles. The van der Waals surface area contributed by atoms with Gasteiger partial charge in [-0.3, -0.25) is 4.99 Å². The molecule has 0 amide bonds. The fourth-order valence-corrected chi connectivity index (χ4v) is 2.30. The smallest absolute Gasteiger partial charge is 0.191 e. The number of hydrogen-bond acceptors (Lipinski definition) is 3. The van der Waals surface area contributed by atoms with Crippen LogP contribution >= 0.6 is 24.0 Å². The van der Waals surface area contributed by atoms with E-state index in [0.29, 0.717) is 19.0 Å². The summed E-state index contributed by atoms with van der Waals surface area (Å²) < 4.78 is 22.1. The molecule has 0 atom stereocenters. The molecule has 0 aliphatic heterocycles. The number of halogens is 1. The number of aliphatic imine (C=N–C) groups is 1. The number of aryl methyl sites for hydroxylation is 1. The second-order valence-corrected chi connectivity index (χ2v) is 6.86. The van der Waals surface area contributed by atoms with Gasteiger partial charge in [0.2, 0.25) is 0 Å². The largest absolute Gasteiger partial charge is 0.355 e. The Kier molecular flexibility index (Phi) is 9.60. The Balaban J connectivity index is 0.00000400. The molecule has 7 heteroatoms. The molecular weight excluding hydrogens is 401 g/mol. The van der Waals surface area contributed by atoms with E-state index in [9.17, 15) is 8.42 Å². The summed E-state index contributed by atoms with van der Waals surface area (Å²) in [4.78, 5) is 4.08. The highest BCUT2D eigenvalue weighted by atomic mass is 127. The standard InChI is InChI=1S/C14H23N3O2S.HI/c1-4-12-7-5-6-8-13(12)11-17-14(15-2)16-9-10-20(3,18)19;/h5-8H,4,9-11H2,1-3H3,(H2,15,16,17);1H. The zero-order valence-electron chi connectivity index (χ0n) is 12.7. The number of benzene rings is 1. The summed E-state index contributed by atoms with van der Waals surface area (Å²) in [5, 5.41) is 6.18. The lowest BCUT2D eigenvalue weighted by Crippen LogP contribution is -2.39. The fourth-order valence-electron chi connectivity index (χ4n) is 1.83. The molecule has 120 valence electrons. The van der Waals surface area contributed by atoms with Crippen molar-refractivity contribution in [1.82, 2.24) is 10.6 Å². The van der Waals surface area contributed by atoms with Gasteiger partial charge in [0, 0.05) is 26.4 Å². The topological polar surface area (TPSA) is 70.6 Å². The van der Waals surface area contributed by atoms with Crippen molar-refractivity contribution in [2.45, 2.75) is 19.9 Å². The zero-order valence-corrected chi connectivity index (χ0v) is 15.9. The van der Waals surface area contributed by atoms with Crippen molar-refractivity contribution in [2.24, 2.45) is 4.99 Å². The lowest BCUT2D eigenvalue weighted by Gasteiger charge is -2.13. The maximum Gasteiger partial charge on any atom is 0.191 e. The van der Waals surface area contributed by atoms with Crippen molar-refractivity contribution in [2.75, 3.05) is 25.6 Å². The summed E-state index contributed by atoms with van der Waals surface area (Å²) in [6, 6.07) is 8.23. The first-order valence-electron chi connectivity index (χ1n) is 6.65. The van der Waals surface area contributed by atoms with Gasteiger partial charge >= 0.3 is 0 Å². The molecule has 0 aliphatic rings. The summed E-state index contributed by atoms with van der Waals surface area (Å²) >= 11 is 0. The fraction of sp³-hybridized carbons (Fsp3) is 0.500. The van der Waals surface area contributed by atoms with E-state index in [4.69, 9.17) is 0 Å². The van der Waals surface area contributed by atoms with E-state index in [0.717, 1.165) is 6.42 Å². The summed E-state index contributed by atoms with van der Waals surface area (Å²) in [6.45, 7) is 3.15. The first-order valence-corrected chi connectivity index (χ1v) is 8.71. The van der Waals surface area contributed by atoms with Gasteiger partial charge in [0.15, 0.2) is 5.96 Å². The van der Waals surface area contributed by atoms with E-state index < -0.39 is 9.84 Å². The molecule has 0 aromatic heterocycles. The van der Waals surface area contributed by atoms with Crippen molar-refractivity contribution in [1.29, 1.82) is 0 Å².